The van der Waals surface area contributed by atoms with Crippen LogP contribution in [0.5, 0.6) is 0 Å². The van der Waals surface area contributed by atoms with Crippen LogP contribution in [0.25, 0.3) is 0 Å². The lowest BCUT2D eigenvalue weighted by Crippen LogP contribution is -2.50. The van der Waals surface area contributed by atoms with Crippen LogP contribution < -0.4 is 5.73 Å². The van der Waals surface area contributed by atoms with E-state index in [4.69, 9.17) is 5.73 Å². The Balaban J connectivity index is 1.88. The molecule has 1 saturated heterocycles. The van der Waals surface area contributed by atoms with Gasteiger partial charge in [-0.1, -0.05) is 30.3 Å². The van der Waals surface area contributed by atoms with Crippen LogP contribution in [-0.4, -0.2) is 47.7 Å². The van der Waals surface area contributed by atoms with E-state index in [-0.39, 0.29) is 31.1 Å². The third kappa shape index (κ3) is 6.16. The highest BCUT2D eigenvalue weighted by Crippen LogP contribution is 2.37. The molecule has 194 valence electrons. The molecule has 2 atom stereocenters. The SMILES string of the molecule is CN(Cc1cc(C(F)(F)F)cc(C(F)(F)F)c1)C(=O)[C@H]1CCN(C(=O)C(N)=O)C[C@H]1c1ccccc1. The summed E-state index contributed by atoms with van der Waals surface area (Å²) in [4.78, 5) is 39.1. The zero-order valence-electron chi connectivity index (χ0n) is 19.1. The Morgan fingerprint density at radius 1 is 0.972 bits per heavy atom. The van der Waals surface area contributed by atoms with E-state index in [1.807, 2.05) is 0 Å². The topological polar surface area (TPSA) is 83.7 Å². The Morgan fingerprint density at radius 3 is 2.03 bits per heavy atom. The van der Waals surface area contributed by atoms with Crippen LogP contribution in [0.2, 0.25) is 0 Å². The maximum Gasteiger partial charge on any atom is 0.416 e. The first-order valence-corrected chi connectivity index (χ1v) is 10.9. The van der Waals surface area contributed by atoms with Crippen LogP contribution in [-0.2, 0) is 33.3 Å². The van der Waals surface area contributed by atoms with Crippen molar-refractivity contribution in [2.24, 2.45) is 11.7 Å². The van der Waals surface area contributed by atoms with E-state index in [9.17, 15) is 40.7 Å². The van der Waals surface area contributed by atoms with Gasteiger partial charge >= 0.3 is 24.2 Å². The largest absolute Gasteiger partial charge is 0.416 e. The smallest absolute Gasteiger partial charge is 0.361 e. The van der Waals surface area contributed by atoms with Crippen molar-refractivity contribution in [1.82, 2.24) is 9.80 Å². The molecule has 12 heteroatoms. The van der Waals surface area contributed by atoms with Crippen molar-refractivity contribution in [3.8, 4) is 0 Å². The molecule has 0 bridgehead atoms. The van der Waals surface area contributed by atoms with E-state index in [1.54, 1.807) is 30.3 Å². The Kier molecular flexibility index (Phi) is 7.65. The zero-order valence-corrected chi connectivity index (χ0v) is 19.1. The second-order valence-electron chi connectivity index (χ2n) is 8.64. The molecule has 3 amide bonds. The molecule has 0 radical (unpaired) electrons. The molecule has 2 aromatic carbocycles. The van der Waals surface area contributed by atoms with Gasteiger partial charge < -0.3 is 15.5 Å². The molecular weight excluding hydrogens is 492 g/mol. The summed E-state index contributed by atoms with van der Waals surface area (Å²) in [5.41, 5.74) is 2.53. The predicted octanol–water partition coefficient (Wildman–Crippen LogP) is 3.80. The lowest BCUT2D eigenvalue weighted by Gasteiger charge is -2.39. The maximum absolute atomic E-state index is 13.3. The van der Waals surface area contributed by atoms with Crippen molar-refractivity contribution in [3.05, 3.63) is 70.8 Å². The van der Waals surface area contributed by atoms with Gasteiger partial charge in [0, 0.05) is 38.5 Å². The van der Waals surface area contributed by atoms with Crippen molar-refractivity contribution >= 4 is 17.7 Å². The number of amides is 3. The number of carbonyl (C=O) groups is 3. The van der Waals surface area contributed by atoms with Gasteiger partial charge in [-0.05, 0) is 35.7 Å². The van der Waals surface area contributed by atoms with E-state index in [0.29, 0.717) is 17.7 Å². The van der Waals surface area contributed by atoms with E-state index in [2.05, 4.69) is 0 Å². The van der Waals surface area contributed by atoms with Gasteiger partial charge in [0.15, 0.2) is 0 Å². The molecular formula is C24H23F6N3O3. The molecule has 1 fully saturated rings. The lowest BCUT2D eigenvalue weighted by molar-refractivity contribution is -0.147. The van der Waals surface area contributed by atoms with Gasteiger partial charge in [0.2, 0.25) is 5.91 Å². The molecule has 3 rings (SSSR count). The quantitative estimate of drug-likeness (QED) is 0.497. The summed E-state index contributed by atoms with van der Waals surface area (Å²) in [6.07, 6.45) is -9.88. The summed E-state index contributed by atoms with van der Waals surface area (Å²) in [5.74, 6) is -3.86. The lowest BCUT2D eigenvalue weighted by atomic mass is 9.79. The fourth-order valence-corrected chi connectivity index (χ4v) is 4.37. The van der Waals surface area contributed by atoms with Crippen molar-refractivity contribution in [1.29, 1.82) is 0 Å². The molecule has 0 aliphatic carbocycles. The molecule has 1 aliphatic heterocycles. The number of halogens is 6. The monoisotopic (exact) mass is 515 g/mol. The van der Waals surface area contributed by atoms with Crippen LogP contribution in [0, 0.1) is 5.92 Å². The number of alkyl halides is 6. The molecule has 2 aromatic rings. The molecule has 2 N–H and O–H groups in total. The standard InChI is InChI=1S/C24H23F6N3O3/c1-32(12-14-9-16(23(25,26)27)11-17(10-14)24(28,29)30)21(35)18-7-8-33(22(36)20(31)34)13-19(18)15-5-3-2-4-6-15/h2-6,9-11,18-19H,7-8,12-13H2,1H3,(H2,31,34)/t18-,19-/m0/s1. The summed E-state index contributed by atoms with van der Waals surface area (Å²) in [5, 5.41) is 0. The number of hydrogen-bond acceptors (Lipinski definition) is 3. The van der Waals surface area contributed by atoms with Crippen LogP contribution >= 0.6 is 0 Å². The molecule has 1 heterocycles. The minimum Gasteiger partial charge on any atom is -0.361 e. The molecule has 0 aromatic heterocycles. The number of nitrogens with zero attached hydrogens (tertiary/aromatic N) is 2. The van der Waals surface area contributed by atoms with Gasteiger partial charge in [0.05, 0.1) is 11.1 Å². The third-order valence-electron chi connectivity index (χ3n) is 6.10. The van der Waals surface area contributed by atoms with Gasteiger partial charge in [0.1, 0.15) is 0 Å². The molecule has 0 spiro atoms. The van der Waals surface area contributed by atoms with Crippen molar-refractivity contribution in [2.75, 3.05) is 20.1 Å². The van der Waals surface area contributed by atoms with Crippen LogP contribution in [0.1, 0.15) is 34.6 Å². The summed E-state index contributed by atoms with van der Waals surface area (Å²) < 4.78 is 79.2. The van der Waals surface area contributed by atoms with Gasteiger partial charge in [0.25, 0.3) is 0 Å². The molecule has 1 aliphatic rings. The first kappa shape index (κ1) is 27.0. The van der Waals surface area contributed by atoms with E-state index in [0.717, 1.165) is 4.90 Å². The molecule has 36 heavy (non-hydrogen) atoms. The number of benzene rings is 2. The number of hydrogen-bond donors (Lipinski definition) is 1. The number of nitrogens with two attached hydrogens (primary N) is 1. The van der Waals surface area contributed by atoms with Gasteiger partial charge in [-0.15, -0.1) is 0 Å². The van der Waals surface area contributed by atoms with Crippen molar-refractivity contribution < 1.29 is 40.7 Å². The highest BCUT2D eigenvalue weighted by molar-refractivity contribution is 6.34. The highest BCUT2D eigenvalue weighted by Gasteiger charge is 2.40. The second-order valence-corrected chi connectivity index (χ2v) is 8.64. The number of piperidine rings is 1. The Labute approximate surface area is 202 Å². The number of primary amides is 1. The Morgan fingerprint density at radius 2 is 1.53 bits per heavy atom. The fourth-order valence-electron chi connectivity index (χ4n) is 4.37. The third-order valence-corrected chi connectivity index (χ3v) is 6.10. The number of carbonyl (C=O) groups excluding carboxylic acids is 3. The summed E-state index contributed by atoms with van der Waals surface area (Å²) >= 11 is 0. The molecule has 0 saturated carbocycles. The van der Waals surface area contributed by atoms with Crippen LogP contribution in [0.15, 0.2) is 48.5 Å². The fraction of sp³-hybridized carbons (Fsp3) is 0.375. The number of rotatable bonds is 4. The second kappa shape index (κ2) is 10.2. The highest BCUT2D eigenvalue weighted by atomic mass is 19.4. The van der Waals surface area contributed by atoms with E-state index in [1.165, 1.54) is 11.9 Å². The summed E-state index contributed by atoms with van der Waals surface area (Å²) in [7, 11) is 1.29. The summed E-state index contributed by atoms with van der Waals surface area (Å²) in [6.45, 7) is -0.456. The Bertz CT molecular complexity index is 1100. The van der Waals surface area contributed by atoms with Crippen molar-refractivity contribution in [3.63, 3.8) is 0 Å². The average Bonchev–Trinajstić information content (AvgIpc) is 2.82. The van der Waals surface area contributed by atoms with E-state index >= 15 is 0 Å². The van der Waals surface area contributed by atoms with Gasteiger partial charge in [-0.2, -0.15) is 26.3 Å². The molecule has 0 unspecified atom stereocenters. The molecule has 6 nitrogen and oxygen atoms in total. The predicted molar refractivity (Wildman–Crippen MR) is 116 cm³/mol. The van der Waals surface area contributed by atoms with Crippen molar-refractivity contribution in [2.45, 2.75) is 31.2 Å². The van der Waals surface area contributed by atoms with Gasteiger partial charge in [-0.3, -0.25) is 14.4 Å². The minimum absolute atomic E-state index is 0.00217. The van der Waals surface area contributed by atoms with E-state index < -0.39 is 59.6 Å². The maximum atomic E-state index is 13.3. The van der Waals surface area contributed by atoms with Gasteiger partial charge in [-0.25, -0.2) is 0 Å². The minimum atomic E-state index is -5.00. The average molecular weight is 515 g/mol. The summed E-state index contributed by atoms with van der Waals surface area (Å²) in [6, 6.07) is 9.84. The van der Waals surface area contributed by atoms with Crippen LogP contribution in [0.4, 0.5) is 26.3 Å². The Hall–Kier alpha value is -3.57. The normalized spacial score (nSPS) is 18.6. The first-order valence-electron chi connectivity index (χ1n) is 10.9. The first-order chi connectivity index (χ1) is 16.7. The number of likely N-dealkylation sites (tertiary alicyclic amines) is 1. The zero-order chi connectivity index (χ0) is 26.8. The van der Waals surface area contributed by atoms with Crippen LogP contribution in [0.3, 0.4) is 0 Å².